The molecule has 0 amide bonds. The van der Waals surface area contributed by atoms with E-state index in [-0.39, 0.29) is 5.56 Å². The number of imidazole rings is 1. The minimum Gasteiger partial charge on any atom is -0.465 e. The molecule has 0 unspecified atom stereocenters. The van der Waals surface area contributed by atoms with Crippen molar-refractivity contribution >= 4 is 35.0 Å². The number of benzene rings is 2. The number of aryl methyl sites for hydroxylation is 1. The molecule has 0 fully saturated rings. The molecule has 0 radical (unpaired) electrons. The number of hydrogen-bond acceptors (Lipinski definition) is 4. The molecule has 2 aromatic heterocycles. The van der Waals surface area contributed by atoms with Gasteiger partial charge in [0.05, 0.1) is 30.4 Å². The number of rotatable bonds is 3. The van der Waals surface area contributed by atoms with Gasteiger partial charge in [-0.1, -0.05) is 6.07 Å². The van der Waals surface area contributed by atoms with Crippen molar-refractivity contribution in [2.75, 3.05) is 7.11 Å². The smallest absolute Gasteiger partial charge is 0.340 e. The minimum atomic E-state index is -0.748. The van der Waals surface area contributed by atoms with Gasteiger partial charge in [-0.2, -0.15) is 0 Å². The highest BCUT2D eigenvalue weighted by Crippen LogP contribution is 2.28. The molecule has 8 heteroatoms. The van der Waals surface area contributed by atoms with Crippen molar-refractivity contribution in [2.24, 2.45) is 0 Å². The molecule has 148 valence electrons. The number of aromatic nitrogens is 3. The summed E-state index contributed by atoms with van der Waals surface area (Å²) in [6, 6.07) is 13.2. The third kappa shape index (κ3) is 3.06. The first-order chi connectivity index (χ1) is 14.5. The van der Waals surface area contributed by atoms with Gasteiger partial charge in [0.25, 0.3) is 0 Å². The lowest BCUT2D eigenvalue weighted by Gasteiger charge is -2.08. The summed E-state index contributed by atoms with van der Waals surface area (Å²) >= 11 is 5.72. The van der Waals surface area contributed by atoms with Crippen molar-refractivity contribution in [2.45, 2.75) is 6.92 Å². The molecular weight excluding hydrogens is 403 g/mol. The Kier molecular flexibility index (Phi) is 4.90. The summed E-state index contributed by atoms with van der Waals surface area (Å²) in [6.45, 7) is 9.10. The normalized spacial score (nSPS) is 10.7. The number of ether oxygens (including phenoxy) is 1. The molecule has 0 bridgehead atoms. The molecule has 0 aliphatic rings. The van der Waals surface area contributed by atoms with Gasteiger partial charge in [0, 0.05) is 11.9 Å². The van der Waals surface area contributed by atoms with E-state index >= 15 is 0 Å². The molecule has 2 aromatic carbocycles. The van der Waals surface area contributed by atoms with E-state index in [2.05, 4.69) is 14.6 Å². The van der Waals surface area contributed by atoms with Crippen LogP contribution in [-0.4, -0.2) is 27.2 Å². The van der Waals surface area contributed by atoms with E-state index in [1.165, 1.54) is 19.2 Å². The quantitative estimate of drug-likeness (QED) is 0.256. The summed E-state index contributed by atoms with van der Waals surface area (Å²) in [7, 11) is 1.20. The van der Waals surface area contributed by atoms with E-state index < -0.39 is 11.8 Å². The van der Waals surface area contributed by atoms with Crippen LogP contribution in [0.2, 0.25) is 0 Å². The number of fused-ring (bicyclic) bond motifs is 1. The first-order valence-electron chi connectivity index (χ1n) is 8.91. The molecule has 30 heavy (non-hydrogen) atoms. The first-order valence-corrected chi connectivity index (χ1v) is 9.32. The second-order valence-electron chi connectivity index (χ2n) is 6.54. The summed E-state index contributed by atoms with van der Waals surface area (Å²) in [6.07, 6.45) is 1.65. The van der Waals surface area contributed by atoms with Crippen molar-refractivity contribution in [3.8, 4) is 11.4 Å². The van der Waals surface area contributed by atoms with Crippen molar-refractivity contribution in [3.05, 3.63) is 87.9 Å². The molecule has 4 rings (SSSR count). The highest BCUT2D eigenvalue weighted by molar-refractivity contribution is 7.71. The van der Waals surface area contributed by atoms with E-state index in [9.17, 15) is 9.18 Å². The standard InChI is InChI=1S/C22H15FN4O2S/c1-13-11-14(7-9-18(13)24-2)27-20-19(5-4-10-25-20)26(22(27)30)15-6-8-16(17(23)12-15)21(28)29-3/h4-12H,1,3H3. The van der Waals surface area contributed by atoms with E-state index in [0.717, 1.165) is 11.3 Å². The van der Waals surface area contributed by atoms with Gasteiger partial charge in [-0.05, 0) is 67.2 Å². The molecule has 0 N–H and O–H groups in total. The number of methoxy groups -OCH3 is 1. The summed E-state index contributed by atoms with van der Waals surface area (Å²) in [5, 5.41) is 0. The van der Waals surface area contributed by atoms with Crippen LogP contribution in [0.5, 0.6) is 0 Å². The van der Waals surface area contributed by atoms with Gasteiger partial charge in [-0.25, -0.2) is 19.0 Å². The number of carbonyl (C=O) groups excluding carboxylic acids is 1. The summed E-state index contributed by atoms with van der Waals surface area (Å²) in [4.78, 5) is 19.7. The Morgan fingerprint density at radius 3 is 2.57 bits per heavy atom. The maximum Gasteiger partial charge on any atom is 0.340 e. The van der Waals surface area contributed by atoms with Crippen LogP contribution in [0.25, 0.3) is 27.4 Å². The van der Waals surface area contributed by atoms with Crippen LogP contribution in [0.3, 0.4) is 0 Å². The van der Waals surface area contributed by atoms with Crippen LogP contribution in [0.15, 0.2) is 54.7 Å². The van der Waals surface area contributed by atoms with E-state index in [4.69, 9.17) is 18.8 Å². The zero-order chi connectivity index (χ0) is 21.4. The number of pyridine rings is 1. The maximum absolute atomic E-state index is 14.6. The number of carbonyl (C=O) groups is 1. The molecule has 0 atom stereocenters. The predicted molar refractivity (Wildman–Crippen MR) is 114 cm³/mol. The maximum atomic E-state index is 14.6. The minimum absolute atomic E-state index is 0.153. The van der Waals surface area contributed by atoms with Crippen LogP contribution in [-0.2, 0) is 4.74 Å². The van der Waals surface area contributed by atoms with E-state index in [1.54, 1.807) is 39.6 Å². The van der Waals surface area contributed by atoms with Gasteiger partial charge in [0.1, 0.15) is 5.82 Å². The third-order valence-electron chi connectivity index (χ3n) is 4.78. The van der Waals surface area contributed by atoms with Gasteiger partial charge in [0.15, 0.2) is 16.1 Å². The summed E-state index contributed by atoms with van der Waals surface area (Å²) in [5.74, 6) is -1.45. The molecule has 0 spiro atoms. The second kappa shape index (κ2) is 7.54. The van der Waals surface area contributed by atoms with Crippen molar-refractivity contribution in [1.29, 1.82) is 0 Å². The highest BCUT2D eigenvalue weighted by atomic mass is 32.1. The van der Waals surface area contributed by atoms with Gasteiger partial charge >= 0.3 is 5.97 Å². The van der Waals surface area contributed by atoms with Gasteiger partial charge in [-0.15, -0.1) is 0 Å². The van der Waals surface area contributed by atoms with E-state index in [0.29, 0.717) is 27.3 Å². The monoisotopic (exact) mass is 418 g/mol. The molecule has 0 saturated heterocycles. The zero-order valence-corrected chi connectivity index (χ0v) is 16.9. The molecule has 6 nitrogen and oxygen atoms in total. The average Bonchev–Trinajstić information content (AvgIpc) is 3.04. The lowest BCUT2D eigenvalue weighted by atomic mass is 10.2. The Morgan fingerprint density at radius 2 is 1.90 bits per heavy atom. The Labute approximate surface area is 176 Å². The molecule has 2 heterocycles. The van der Waals surface area contributed by atoms with Crippen LogP contribution in [0.1, 0.15) is 15.9 Å². The number of nitrogens with zero attached hydrogens (tertiary/aromatic N) is 4. The Morgan fingerprint density at radius 1 is 1.17 bits per heavy atom. The SMILES string of the molecule is [C-]#[N+]c1ccc(-n2c(=S)n(-c3ccc(C(=O)OC)c(F)c3)c3cccnc32)cc1C. The predicted octanol–water partition coefficient (Wildman–Crippen LogP) is 5.33. The average molecular weight is 418 g/mol. The molecule has 0 saturated carbocycles. The molecule has 4 aromatic rings. The molecular formula is C22H15FN4O2S. The fraction of sp³-hybridized carbons (Fsp3) is 0.0909. The van der Waals surface area contributed by atoms with Crippen molar-refractivity contribution < 1.29 is 13.9 Å². The Balaban J connectivity index is 1.98. The van der Waals surface area contributed by atoms with Crippen molar-refractivity contribution in [1.82, 2.24) is 14.1 Å². The van der Waals surface area contributed by atoms with Crippen LogP contribution < -0.4 is 0 Å². The summed E-state index contributed by atoms with van der Waals surface area (Å²) < 4.78 is 23.0. The molecule has 0 aliphatic heterocycles. The zero-order valence-electron chi connectivity index (χ0n) is 16.1. The van der Waals surface area contributed by atoms with E-state index in [1.807, 2.05) is 19.1 Å². The fourth-order valence-electron chi connectivity index (χ4n) is 3.33. The Hall–Kier alpha value is -3.83. The van der Waals surface area contributed by atoms with Crippen LogP contribution >= 0.6 is 12.2 Å². The van der Waals surface area contributed by atoms with Gasteiger partial charge in [-0.3, -0.25) is 9.13 Å². The largest absolute Gasteiger partial charge is 0.465 e. The van der Waals surface area contributed by atoms with Crippen LogP contribution in [0.4, 0.5) is 10.1 Å². The van der Waals surface area contributed by atoms with Crippen molar-refractivity contribution in [3.63, 3.8) is 0 Å². The Bertz CT molecular complexity index is 1420. The highest BCUT2D eigenvalue weighted by Gasteiger charge is 2.18. The first kappa shape index (κ1) is 19.5. The topological polar surface area (TPSA) is 53.4 Å². The summed E-state index contributed by atoms with van der Waals surface area (Å²) in [5.41, 5.74) is 3.70. The lowest BCUT2D eigenvalue weighted by Crippen LogP contribution is -2.06. The third-order valence-corrected chi connectivity index (χ3v) is 5.14. The lowest BCUT2D eigenvalue weighted by molar-refractivity contribution is 0.0595. The number of halogens is 1. The fourth-order valence-corrected chi connectivity index (χ4v) is 3.73. The van der Waals surface area contributed by atoms with Gasteiger partial charge in [0.2, 0.25) is 0 Å². The second-order valence-corrected chi connectivity index (χ2v) is 6.90. The molecule has 0 aliphatic carbocycles. The number of hydrogen-bond donors (Lipinski definition) is 0. The van der Waals surface area contributed by atoms with Crippen LogP contribution in [0, 0.1) is 24.1 Å². The number of esters is 1. The van der Waals surface area contributed by atoms with Gasteiger partial charge < -0.3 is 4.74 Å².